The topological polar surface area (TPSA) is 90.6 Å². The van der Waals surface area contributed by atoms with E-state index in [0.717, 1.165) is 31.2 Å². The first-order valence-corrected chi connectivity index (χ1v) is 9.20. The number of ether oxygens (including phenoxy) is 2. The molecule has 1 aliphatic carbocycles. The number of amides is 1. The van der Waals surface area contributed by atoms with Crippen molar-refractivity contribution in [2.45, 2.75) is 70.7 Å². The zero-order valence-corrected chi connectivity index (χ0v) is 15.9. The van der Waals surface area contributed by atoms with E-state index >= 15 is 0 Å². The molecule has 2 rings (SSSR count). The lowest BCUT2D eigenvalue weighted by Crippen LogP contribution is -2.46. The highest BCUT2D eigenvalue weighted by Gasteiger charge is 2.32. The summed E-state index contributed by atoms with van der Waals surface area (Å²) in [5.41, 5.74) is 6.49. The summed E-state index contributed by atoms with van der Waals surface area (Å²) in [6, 6.07) is 9.01. The second kappa shape index (κ2) is 9.03. The van der Waals surface area contributed by atoms with Gasteiger partial charge in [0.05, 0.1) is 0 Å². The van der Waals surface area contributed by atoms with Gasteiger partial charge in [-0.15, -0.1) is 0 Å². The highest BCUT2D eigenvalue weighted by Crippen LogP contribution is 2.27. The molecule has 0 aromatic heterocycles. The van der Waals surface area contributed by atoms with E-state index in [4.69, 9.17) is 15.2 Å². The maximum absolute atomic E-state index is 12.1. The Hall–Kier alpha value is -2.08. The van der Waals surface area contributed by atoms with Gasteiger partial charge in [-0.05, 0) is 57.9 Å². The number of nitrogens with one attached hydrogen (secondary N) is 1. The highest BCUT2D eigenvalue weighted by molar-refractivity contribution is 5.76. The molecule has 1 atom stereocenters. The molecule has 0 unspecified atom stereocenters. The summed E-state index contributed by atoms with van der Waals surface area (Å²) < 4.78 is 10.6. The van der Waals surface area contributed by atoms with Crippen LogP contribution in [0.5, 0.6) is 0 Å². The Balaban J connectivity index is 1.70. The monoisotopic (exact) mass is 362 g/mol. The fourth-order valence-electron chi connectivity index (χ4n) is 3.12. The molecule has 1 aromatic carbocycles. The van der Waals surface area contributed by atoms with Crippen LogP contribution in [-0.2, 0) is 20.9 Å². The van der Waals surface area contributed by atoms with Crippen LogP contribution in [0.15, 0.2) is 30.3 Å². The van der Waals surface area contributed by atoms with Gasteiger partial charge in [-0.3, -0.25) is 4.79 Å². The van der Waals surface area contributed by atoms with Crippen LogP contribution in [0.1, 0.15) is 52.0 Å². The van der Waals surface area contributed by atoms with Gasteiger partial charge in [-0.2, -0.15) is 0 Å². The fourth-order valence-corrected chi connectivity index (χ4v) is 3.12. The number of rotatable bonds is 5. The van der Waals surface area contributed by atoms with Crippen molar-refractivity contribution < 1.29 is 19.1 Å². The van der Waals surface area contributed by atoms with Gasteiger partial charge >= 0.3 is 12.1 Å². The molecule has 26 heavy (non-hydrogen) atoms. The molecule has 6 heteroatoms. The Morgan fingerprint density at radius 3 is 2.35 bits per heavy atom. The van der Waals surface area contributed by atoms with Crippen LogP contribution in [0.3, 0.4) is 0 Å². The minimum Gasteiger partial charge on any atom is -0.459 e. The second-order valence-corrected chi connectivity index (χ2v) is 7.88. The summed E-state index contributed by atoms with van der Waals surface area (Å²) >= 11 is 0. The molecular weight excluding hydrogens is 332 g/mol. The molecule has 1 aliphatic rings. The Bertz CT molecular complexity index is 590. The third kappa shape index (κ3) is 6.67. The lowest BCUT2D eigenvalue weighted by Gasteiger charge is -2.32. The summed E-state index contributed by atoms with van der Waals surface area (Å²) in [5, 5.41) is 2.90. The molecule has 6 nitrogen and oxygen atoms in total. The van der Waals surface area contributed by atoms with Crippen molar-refractivity contribution in [3.63, 3.8) is 0 Å². The quantitative estimate of drug-likeness (QED) is 0.785. The van der Waals surface area contributed by atoms with Crippen molar-refractivity contribution >= 4 is 12.1 Å². The van der Waals surface area contributed by atoms with Crippen LogP contribution in [0, 0.1) is 5.92 Å². The van der Waals surface area contributed by atoms with E-state index < -0.39 is 17.7 Å². The zero-order chi connectivity index (χ0) is 19.2. The van der Waals surface area contributed by atoms with Gasteiger partial charge in [0.2, 0.25) is 0 Å². The molecule has 1 saturated carbocycles. The number of benzene rings is 1. The number of hydrogen-bond donors (Lipinski definition) is 2. The smallest absolute Gasteiger partial charge is 0.407 e. The van der Waals surface area contributed by atoms with E-state index in [9.17, 15) is 9.59 Å². The van der Waals surface area contributed by atoms with E-state index in [1.165, 1.54) is 0 Å². The average molecular weight is 362 g/mol. The van der Waals surface area contributed by atoms with Crippen LogP contribution in [-0.4, -0.2) is 29.7 Å². The van der Waals surface area contributed by atoms with Crippen molar-refractivity contribution in [2.75, 3.05) is 0 Å². The van der Waals surface area contributed by atoms with E-state index in [-0.39, 0.29) is 24.5 Å². The van der Waals surface area contributed by atoms with Gasteiger partial charge < -0.3 is 20.5 Å². The van der Waals surface area contributed by atoms with Gasteiger partial charge in [-0.1, -0.05) is 30.3 Å². The first-order chi connectivity index (χ1) is 12.2. The molecule has 0 aliphatic heterocycles. The number of carbonyl (C=O) groups is 2. The molecule has 1 aromatic rings. The van der Waals surface area contributed by atoms with E-state index in [1.807, 2.05) is 51.1 Å². The molecule has 0 radical (unpaired) electrons. The third-order valence-corrected chi connectivity index (χ3v) is 4.49. The van der Waals surface area contributed by atoms with Crippen molar-refractivity contribution in [3.8, 4) is 0 Å². The summed E-state index contributed by atoms with van der Waals surface area (Å²) in [4.78, 5) is 24.0. The fraction of sp³-hybridized carbons (Fsp3) is 0.600. The highest BCUT2D eigenvalue weighted by atomic mass is 16.6. The number of alkyl carbamates (subject to hydrolysis) is 1. The summed E-state index contributed by atoms with van der Waals surface area (Å²) in [5.74, 6) is -0.264. The molecule has 0 saturated heterocycles. The molecule has 1 amide bonds. The molecule has 0 spiro atoms. The van der Waals surface area contributed by atoms with Crippen molar-refractivity contribution in [1.29, 1.82) is 0 Å². The summed E-state index contributed by atoms with van der Waals surface area (Å²) in [6.45, 7) is 5.75. The first kappa shape index (κ1) is 20.2. The molecule has 1 fully saturated rings. The summed E-state index contributed by atoms with van der Waals surface area (Å²) in [6.07, 6.45) is 2.71. The number of carbonyl (C=O) groups excluding carboxylic acids is 2. The maximum atomic E-state index is 12.1. The predicted molar refractivity (Wildman–Crippen MR) is 99.3 cm³/mol. The molecule has 3 N–H and O–H groups in total. The third-order valence-electron chi connectivity index (χ3n) is 4.49. The Labute approximate surface area is 155 Å². The van der Waals surface area contributed by atoms with Gasteiger partial charge in [-0.25, -0.2) is 4.79 Å². The lowest BCUT2D eigenvalue weighted by molar-refractivity contribution is -0.158. The Morgan fingerprint density at radius 1 is 1.15 bits per heavy atom. The van der Waals surface area contributed by atoms with E-state index in [1.54, 1.807) is 0 Å². The van der Waals surface area contributed by atoms with Gasteiger partial charge in [0.25, 0.3) is 0 Å². The first-order valence-electron chi connectivity index (χ1n) is 9.20. The number of esters is 1. The minimum absolute atomic E-state index is 0.0559. The molecule has 144 valence electrons. The molecular formula is C20H30N2O4. The normalized spacial score (nSPS) is 21.5. The second-order valence-electron chi connectivity index (χ2n) is 7.88. The van der Waals surface area contributed by atoms with E-state index in [2.05, 4.69) is 5.32 Å². The Kier molecular flexibility index (Phi) is 7.03. The zero-order valence-electron chi connectivity index (χ0n) is 15.9. The van der Waals surface area contributed by atoms with Crippen LogP contribution >= 0.6 is 0 Å². The van der Waals surface area contributed by atoms with Gasteiger partial charge in [0.15, 0.2) is 0 Å². The van der Waals surface area contributed by atoms with Crippen LogP contribution in [0.4, 0.5) is 4.79 Å². The Morgan fingerprint density at radius 2 is 1.77 bits per heavy atom. The SMILES string of the molecule is CC(C)(C)OC(=O)[C@@H](N)C1CCC(NC(=O)OCc2ccccc2)CC1. The van der Waals surface area contributed by atoms with Crippen molar-refractivity contribution in [1.82, 2.24) is 5.32 Å². The van der Waals surface area contributed by atoms with Crippen LogP contribution in [0.25, 0.3) is 0 Å². The summed E-state index contributed by atoms with van der Waals surface area (Å²) in [7, 11) is 0. The standard InChI is InChI=1S/C20H30N2O4/c1-20(2,3)26-18(23)17(21)15-9-11-16(12-10-15)22-19(24)25-13-14-7-5-4-6-8-14/h4-8,15-17H,9-13,21H2,1-3H3,(H,22,24)/t15?,16?,17-/m0/s1. The number of nitrogens with two attached hydrogens (primary N) is 1. The maximum Gasteiger partial charge on any atom is 0.407 e. The van der Waals surface area contributed by atoms with Crippen molar-refractivity contribution in [3.05, 3.63) is 35.9 Å². The van der Waals surface area contributed by atoms with E-state index in [0.29, 0.717) is 0 Å². The van der Waals surface area contributed by atoms with Crippen molar-refractivity contribution in [2.24, 2.45) is 11.7 Å². The molecule has 0 bridgehead atoms. The largest absolute Gasteiger partial charge is 0.459 e. The van der Waals surface area contributed by atoms with Crippen LogP contribution in [0.2, 0.25) is 0 Å². The van der Waals surface area contributed by atoms with Gasteiger partial charge in [0, 0.05) is 6.04 Å². The average Bonchev–Trinajstić information content (AvgIpc) is 2.59. The van der Waals surface area contributed by atoms with Crippen LogP contribution < -0.4 is 11.1 Å². The van der Waals surface area contributed by atoms with Gasteiger partial charge in [0.1, 0.15) is 18.2 Å². The number of hydrogen-bond acceptors (Lipinski definition) is 5. The minimum atomic E-state index is -0.611. The molecule has 0 heterocycles. The lowest BCUT2D eigenvalue weighted by atomic mass is 9.82. The predicted octanol–water partition coefficient (Wildman–Crippen LogP) is 3.14.